The van der Waals surface area contributed by atoms with Crippen LogP contribution in [0.4, 0.5) is 0 Å². The van der Waals surface area contributed by atoms with Crippen molar-refractivity contribution in [3.8, 4) is 0 Å². The Bertz CT molecular complexity index is 461. The highest BCUT2D eigenvalue weighted by atomic mass is 32.2. The summed E-state index contributed by atoms with van der Waals surface area (Å²) in [6.45, 7) is 6.49. The Balaban J connectivity index is 5.98. The van der Waals surface area contributed by atoms with E-state index in [4.69, 9.17) is 10.8 Å². The van der Waals surface area contributed by atoms with E-state index in [1.807, 2.05) is 0 Å². The fraction of sp³-hybridized carbons (Fsp3) is 0.583. The Morgan fingerprint density at radius 1 is 1.30 bits per heavy atom. The van der Waals surface area contributed by atoms with Crippen LogP contribution >= 0.6 is 0 Å². The molecular formula is C12H21NO6S. The topological polar surface area (TPSA) is 138 Å². The number of carbonyl (C=O) groups is 1. The molecule has 0 aromatic rings. The molecule has 3 unspecified atom stereocenters. The van der Waals surface area contributed by atoms with Crippen molar-refractivity contribution in [3.05, 3.63) is 25.3 Å². The summed E-state index contributed by atoms with van der Waals surface area (Å²) in [5, 5.41) is 18.0. The first-order valence-electron chi connectivity index (χ1n) is 6.00. The maximum atomic E-state index is 11.8. The van der Waals surface area contributed by atoms with Crippen LogP contribution < -0.4 is 5.73 Å². The lowest BCUT2D eigenvalue weighted by molar-refractivity contribution is -0.141. The quantitative estimate of drug-likeness (QED) is 0.256. The van der Waals surface area contributed by atoms with Crippen molar-refractivity contribution in [3.63, 3.8) is 0 Å². The minimum Gasteiger partial charge on any atom is -0.481 e. The predicted octanol–water partition coefficient (Wildman–Crippen LogP) is 0.176. The van der Waals surface area contributed by atoms with Crippen molar-refractivity contribution in [2.75, 3.05) is 6.61 Å². The number of hydrogen-bond acceptors (Lipinski definition) is 5. The first kappa shape index (κ1) is 18.8. The number of aliphatic hydroxyl groups is 1. The Kier molecular flexibility index (Phi) is 7.07. The Morgan fingerprint density at radius 3 is 2.15 bits per heavy atom. The van der Waals surface area contributed by atoms with Crippen molar-refractivity contribution >= 4 is 16.1 Å². The van der Waals surface area contributed by atoms with Crippen molar-refractivity contribution in [2.24, 2.45) is 11.7 Å². The lowest BCUT2D eigenvalue weighted by Gasteiger charge is -2.38. The maximum absolute atomic E-state index is 11.8. The lowest BCUT2D eigenvalue weighted by Crippen LogP contribution is -2.59. The number of carboxylic acids is 1. The van der Waals surface area contributed by atoms with Gasteiger partial charge in [0.1, 0.15) is 4.75 Å². The molecule has 0 amide bonds. The number of aliphatic hydroxyl groups excluding tert-OH is 1. The smallest absolute Gasteiger partial charge is 0.312 e. The minimum absolute atomic E-state index is 0.176. The third-order valence-corrected chi connectivity index (χ3v) is 4.99. The average Bonchev–Trinajstić information content (AvgIpc) is 2.35. The van der Waals surface area contributed by atoms with Crippen LogP contribution in [-0.2, 0) is 14.9 Å². The number of hydrogen-bond donors (Lipinski definition) is 4. The number of nitrogens with two attached hydrogens (primary N) is 1. The predicted molar refractivity (Wildman–Crippen MR) is 74.7 cm³/mol. The fourth-order valence-electron chi connectivity index (χ4n) is 2.21. The van der Waals surface area contributed by atoms with Gasteiger partial charge in [-0.05, 0) is 19.3 Å². The van der Waals surface area contributed by atoms with Crippen molar-refractivity contribution < 1.29 is 28.0 Å². The van der Waals surface area contributed by atoms with Gasteiger partial charge in [-0.25, -0.2) is 0 Å². The van der Waals surface area contributed by atoms with Gasteiger partial charge < -0.3 is 15.9 Å². The van der Waals surface area contributed by atoms with Crippen molar-refractivity contribution in [1.82, 2.24) is 0 Å². The van der Waals surface area contributed by atoms with E-state index in [0.29, 0.717) is 0 Å². The zero-order valence-corrected chi connectivity index (χ0v) is 11.9. The molecule has 0 saturated carbocycles. The van der Waals surface area contributed by atoms with Crippen LogP contribution in [0.5, 0.6) is 0 Å². The zero-order valence-electron chi connectivity index (χ0n) is 11.1. The SMILES string of the molecule is C=CC(N)C(CCCCO)(C(C=C)C(=O)O)S(=O)(=O)O. The summed E-state index contributed by atoms with van der Waals surface area (Å²) in [6, 6.07) is -1.30. The standard InChI is InChI=1S/C12H21NO6S/c1-3-9(11(15)16)12(10(13)4-2,20(17,18)19)7-5-6-8-14/h3-4,9-10,14H,1-2,5-8,13H2,(H,15,16)(H,17,18,19). The largest absolute Gasteiger partial charge is 0.481 e. The van der Waals surface area contributed by atoms with Gasteiger partial charge in [-0.1, -0.05) is 12.2 Å². The van der Waals surface area contributed by atoms with Gasteiger partial charge in [0.05, 0.1) is 5.92 Å². The number of carboxylic acid groups (broad SMARTS) is 1. The molecule has 0 rings (SSSR count). The van der Waals surface area contributed by atoms with E-state index in [1.165, 1.54) is 0 Å². The highest BCUT2D eigenvalue weighted by Crippen LogP contribution is 2.36. The fourth-order valence-corrected chi connectivity index (χ4v) is 3.57. The molecule has 20 heavy (non-hydrogen) atoms. The van der Waals surface area contributed by atoms with E-state index in [-0.39, 0.29) is 25.9 Å². The second-order valence-corrected chi connectivity index (χ2v) is 6.13. The molecule has 0 aliphatic carbocycles. The minimum atomic E-state index is -4.80. The van der Waals surface area contributed by atoms with Gasteiger partial charge in [0.25, 0.3) is 10.1 Å². The van der Waals surface area contributed by atoms with Crippen molar-refractivity contribution in [2.45, 2.75) is 30.1 Å². The van der Waals surface area contributed by atoms with Gasteiger partial charge in [-0.15, -0.1) is 13.2 Å². The molecule has 5 N–H and O–H groups in total. The lowest BCUT2D eigenvalue weighted by atomic mass is 9.81. The van der Waals surface area contributed by atoms with Crippen LogP contribution in [0.15, 0.2) is 25.3 Å². The normalized spacial score (nSPS) is 17.8. The maximum Gasteiger partial charge on any atom is 0.312 e. The van der Waals surface area contributed by atoms with Crippen LogP contribution in [0.1, 0.15) is 19.3 Å². The van der Waals surface area contributed by atoms with Gasteiger partial charge >= 0.3 is 5.97 Å². The second kappa shape index (κ2) is 7.53. The van der Waals surface area contributed by atoms with Crippen molar-refractivity contribution in [1.29, 1.82) is 0 Å². The molecule has 0 heterocycles. The molecular weight excluding hydrogens is 286 g/mol. The van der Waals surface area contributed by atoms with E-state index >= 15 is 0 Å². The Morgan fingerprint density at radius 2 is 1.85 bits per heavy atom. The van der Waals surface area contributed by atoms with E-state index in [1.54, 1.807) is 0 Å². The number of rotatable bonds is 10. The summed E-state index contributed by atoms with van der Waals surface area (Å²) in [6.07, 6.45) is 2.20. The molecule has 0 aliphatic rings. The molecule has 3 atom stereocenters. The molecule has 0 spiro atoms. The molecule has 0 aromatic heterocycles. The average molecular weight is 307 g/mol. The number of aliphatic carboxylic acids is 1. The van der Waals surface area contributed by atoms with Gasteiger partial charge in [0.2, 0.25) is 0 Å². The highest BCUT2D eigenvalue weighted by molar-refractivity contribution is 7.87. The molecule has 116 valence electrons. The molecule has 0 bridgehead atoms. The summed E-state index contributed by atoms with van der Waals surface area (Å²) in [5.74, 6) is -3.05. The van der Waals surface area contributed by atoms with Gasteiger partial charge in [-0.3, -0.25) is 9.35 Å². The monoisotopic (exact) mass is 307 g/mol. The Labute approximate surface area is 118 Å². The van der Waals surface area contributed by atoms with Gasteiger partial charge in [0.15, 0.2) is 0 Å². The van der Waals surface area contributed by atoms with E-state index in [2.05, 4.69) is 13.2 Å². The second-order valence-electron chi connectivity index (χ2n) is 4.42. The molecule has 0 fully saturated rings. The summed E-state index contributed by atoms with van der Waals surface area (Å²) in [5.41, 5.74) is 5.70. The summed E-state index contributed by atoms with van der Waals surface area (Å²) in [7, 11) is -4.80. The summed E-state index contributed by atoms with van der Waals surface area (Å²) >= 11 is 0. The molecule has 0 radical (unpaired) electrons. The zero-order chi connectivity index (χ0) is 16.0. The van der Waals surface area contributed by atoms with E-state index in [9.17, 15) is 22.9 Å². The third-order valence-electron chi connectivity index (χ3n) is 3.30. The summed E-state index contributed by atoms with van der Waals surface area (Å²) in [4.78, 5) is 11.3. The molecule has 8 heteroatoms. The first-order chi connectivity index (χ1) is 9.18. The highest BCUT2D eigenvalue weighted by Gasteiger charge is 2.54. The van der Waals surface area contributed by atoms with Crippen LogP contribution in [-0.4, -0.2) is 46.5 Å². The molecule has 7 nitrogen and oxygen atoms in total. The van der Waals surface area contributed by atoms with Crippen LogP contribution in [0.2, 0.25) is 0 Å². The van der Waals surface area contributed by atoms with Crippen LogP contribution in [0, 0.1) is 5.92 Å². The third kappa shape index (κ3) is 3.66. The van der Waals surface area contributed by atoms with Gasteiger partial charge in [0, 0.05) is 12.6 Å². The molecule has 0 aliphatic heterocycles. The van der Waals surface area contributed by atoms with E-state index in [0.717, 1.165) is 12.2 Å². The number of unbranched alkanes of at least 4 members (excludes halogenated alkanes) is 1. The van der Waals surface area contributed by atoms with Crippen LogP contribution in [0.3, 0.4) is 0 Å². The van der Waals surface area contributed by atoms with E-state index < -0.39 is 32.8 Å². The van der Waals surface area contributed by atoms with Crippen LogP contribution in [0.25, 0.3) is 0 Å². The molecule has 0 saturated heterocycles. The summed E-state index contributed by atoms with van der Waals surface area (Å²) < 4.78 is 31.0. The first-order valence-corrected chi connectivity index (χ1v) is 7.44. The van der Waals surface area contributed by atoms with Gasteiger partial charge in [-0.2, -0.15) is 8.42 Å². The molecule has 0 aromatic carbocycles. The Hall–Kier alpha value is -1.22.